The Labute approximate surface area is 111 Å². The maximum atomic E-state index is 9.71. The van der Waals surface area contributed by atoms with Crippen LogP contribution in [0, 0.1) is 0 Å². The molecule has 1 heterocycles. The van der Waals surface area contributed by atoms with Gasteiger partial charge in [0.25, 0.3) is 0 Å². The van der Waals surface area contributed by atoms with Crippen LogP contribution in [0.4, 0.5) is 0 Å². The second-order valence-electron chi connectivity index (χ2n) is 4.45. The largest absolute Gasteiger partial charge is 0.395 e. The first-order valence-electron chi connectivity index (χ1n) is 5.54. The van der Waals surface area contributed by atoms with E-state index in [0.29, 0.717) is 0 Å². The molecule has 0 saturated carbocycles. The van der Waals surface area contributed by atoms with Crippen LogP contribution >= 0.6 is 22.9 Å². The predicted octanol–water partition coefficient (Wildman–Crippen LogP) is 3.89. The van der Waals surface area contributed by atoms with Crippen molar-refractivity contribution in [1.29, 1.82) is 0 Å². The zero-order chi connectivity index (χ0) is 12.3. The van der Waals surface area contributed by atoms with Crippen molar-refractivity contribution in [1.82, 2.24) is 0 Å². The third-order valence-corrected chi connectivity index (χ3v) is 4.22. The first kappa shape index (κ1) is 12.6. The monoisotopic (exact) mass is 266 g/mol. The highest BCUT2D eigenvalue weighted by atomic mass is 35.5. The van der Waals surface area contributed by atoms with Gasteiger partial charge in [0.15, 0.2) is 0 Å². The molecule has 1 N–H and O–H groups in total. The summed E-state index contributed by atoms with van der Waals surface area (Å²) in [4.78, 5) is 1.27. The highest BCUT2D eigenvalue weighted by Crippen LogP contribution is 2.33. The average molecular weight is 267 g/mol. The molecule has 1 aromatic heterocycles. The Hall–Kier alpha value is -0.830. The fourth-order valence-corrected chi connectivity index (χ4v) is 3.24. The van der Waals surface area contributed by atoms with Gasteiger partial charge in [-0.2, -0.15) is 0 Å². The molecule has 0 aliphatic rings. The molecule has 2 rings (SSSR count). The first-order valence-corrected chi connectivity index (χ1v) is 6.80. The number of hydrogen-bond donors (Lipinski definition) is 1. The molecule has 0 bridgehead atoms. The second kappa shape index (κ2) is 5.21. The molecule has 0 spiro atoms. The topological polar surface area (TPSA) is 20.2 Å². The van der Waals surface area contributed by atoms with Gasteiger partial charge >= 0.3 is 0 Å². The van der Waals surface area contributed by atoms with Crippen molar-refractivity contribution >= 4 is 22.9 Å². The summed E-state index contributed by atoms with van der Waals surface area (Å²) in [5.74, 6) is 0. The van der Waals surface area contributed by atoms with E-state index >= 15 is 0 Å². The van der Waals surface area contributed by atoms with Crippen LogP contribution in [0.3, 0.4) is 0 Å². The number of halogens is 1. The van der Waals surface area contributed by atoms with E-state index in [0.717, 1.165) is 17.0 Å². The van der Waals surface area contributed by atoms with Crippen molar-refractivity contribution in [3.05, 3.63) is 57.2 Å². The minimum Gasteiger partial charge on any atom is -0.395 e. The second-order valence-corrected chi connectivity index (χ2v) is 5.89. The minimum atomic E-state index is -0.316. The van der Waals surface area contributed by atoms with Crippen molar-refractivity contribution in [3.8, 4) is 0 Å². The van der Waals surface area contributed by atoms with Gasteiger partial charge in [-0.25, -0.2) is 0 Å². The lowest BCUT2D eigenvalue weighted by Crippen LogP contribution is -2.29. The summed E-state index contributed by atoms with van der Waals surface area (Å²) in [7, 11) is 0. The highest BCUT2D eigenvalue weighted by Gasteiger charge is 2.28. The summed E-state index contributed by atoms with van der Waals surface area (Å²) in [5, 5.41) is 12.5. The van der Waals surface area contributed by atoms with Crippen LogP contribution in [0.5, 0.6) is 0 Å². The molecule has 17 heavy (non-hydrogen) atoms. The summed E-state index contributed by atoms with van der Waals surface area (Å²) < 4.78 is 0. The maximum Gasteiger partial charge on any atom is 0.0529 e. The van der Waals surface area contributed by atoms with Gasteiger partial charge in [-0.1, -0.05) is 42.8 Å². The summed E-state index contributed by atoms with van der Waals surface area (Å²) in [6.45, 7) is 2.14. The van der Waals surface area contributed by atoms with E-state index in [4.69, 9.17) is 11.6 Å². The van der Waals surface area contributed by atoms with Crippen molar-refractivity contribution in [3.63, 3.8) is 0 Å². The number of aliphatic hydroxyl groups excluding tert-OH is 1. The van der Waals surface area contributed by atoms with E-state index in [9.17, 15) is 5.11 Å². The van der Waals surface area contributed by atoms with Crippen LogP contribution in [0.2, 0.25) is 5.02 Å². The summed E-state index contributed by atoms with van der Waals surface area (Å²) >= 11 is 7.93. The molecule has 1 atom stereocenters. The molecule has 1 aromatic carbocycles. The minimum absolute atomic E-state index is 0.0919. The Morgan fingerprint density at radius 2 is 2.00 bits per heavy atom. The lowest BCUT2D eigenvalue weighted by atomic mass is 9.80. The molecule has 0 amide bonds. The van der Waals surface area contributed by atoms with Crippen molar-refractivity contribution < 1.29 is 5.11 Å². The molecular weight excluding hydrogens is 252 g/mol. The number of thiophene rings is 1. The van der Waals surface area contributed by atoms with Gasteiger partial charge in [-0.15, -0.1) is 11.3 Å². The van der Waals surface area contributed by atoms with E-state index in [1.807, 2.05) is 37.3 Å². The molecule has 0 radical (unpaired) electrons. The Balaban J connectivity index is 2.34. The molecule has 0 aliphatic heterocycles. The van der Waals surface area contributed by atoms with E-state index in [1.165, 1.54) is 4.88 Å². The van der Waals surface area contributed by atoms with Crippen LogP contribution in [-0.2, 0) is 11.8 Å². The third-order valence-electron chi connectivity index (χ3n) is 3.02. The fraction of sp³-hybridized carbons (Fsp3) is 0.286. The van der Waals surface area contributed by atoms with Gasteiger partial charge in [0.1, 0.15) is 0 Å². The zero-order valence-electron chi connectivity index (χ0n) is 9.69. The first-order chi connectivity index (χ1) is 8.15. The van der Waals surface area contributed by atoms with E-state index in [1.54, 1.807) is 11.3 Å². The lowest BCUT2D eigenvalue weighted by Gasteiger charge is -2.28. The Morgan fingerprint density at radius 1 is 1.24 bits per heavy atom. The SMILES string of the molecule is CC(CO)(Cc1cccs1)c1ccccc1Cl. The van der Waals surface area contributed by atoms with Crippen LogP contribution in [0.15, 0.2) is 41.8 Å². The third kappa shape index (κ3) is 2.71. The molecule has 1 unspecified atom stereocenters. The summed E-state index contributed by atoms with van der Waals surface area (Å²) in [5.41, 5.74) is 0.695. The molecule has 2 aromatic rings. The summed E-state index contributed by atoms with van der Waals surface area (Å²) in [6.07, 6.45) is 0.810. The van der Waals surface area contributed by atoms with Crippen LogP contribution in [0.1, 0.15) is 17.4 Å². The standard InChI is InChI=1S/C14H15ClOS/c1-14(10-16,9-11-5-4-8-17-11)12-6-2-3-7-13(12)15/h2-8,16H,9-10H2,1H3. The molecule has 90 valence electrons. The molecule has 1 nitrogen and oxygen atoms in total. The smallest absolute Gasteiger partial charge is 0.0529 e. The molecule has 0 aliphatic carbocycles. The summed E-state index contributed by atoms with van der Waals surface area (Å²) in [6, 6.07) is 11.9. The number of aliphatic hydroxyl groups is 1. The lowest BCUT2D eigenvalue weighted by molar-refractivity contribution is 0.205. The van der Waals surface area contributed by atoms with E-state index in [2.05, 4.69) is 11.4 Å². The molecule has 3 heteroatoms. The van der Waals surface area contributed by atoms with Gasteiger partial charge in [0, 0.05) is 15.3 Å². The van der Waals surface area contributed by atoms with Gasteiger partial charge in [0.2, 0.25) is 0 Å². The van der Waals surface area contributed by atoms with Crippen LogP contribution in [0.25, 0.3) is 0 Å². The van der Waals surface area contributed by atoms with Gasteiger partial charge in [-0.3, -0.25) is 0 Å². The average Bonchev–Trinajstić information content (AvgIpc) is 2.82. The number of rotatable bonds is 4. The highest BCUT2D eigenvalue weighted by molar-refractivity contribution is 7.09. The predicted molar refractivity (Wildman–Crippen MR) is 73.9 cm³/mol. The zero-order valence-corrected chi connectivity index (χ0v) is 11.3. The Kier molecular flexibility index (Phi) is 3.87. The Bertz CT molecular complexity index is 481. The van der Waals surface area contributed by atoms with Gasteiger partial charge in [-0.05, 0) is 29.5 Å². The molecular formula is C14H15ClOS. The molecule has 0 saturated heterocycles. The van der Waals surface area contributed by atoms with Crippen LogP contribution < -0.4 is 0 Å². The number of hydrogen-bond acceptors (Lipinski definition) is 2. The number of benzene rings is 1. The Morgan fingerprint density at radius 3 is 2.59 bits per heavy atom. The normalized spacial score (nSPS) is 14.5. The van der Waals surface area contributed by atoms with Crippen molar-refractivity contribution in [2.24, 2.45) is 0 Å². The maximum absolute atomic E-state index is 9.71. The fourth-order valence-electron chi connectivity index (χ4n) is 1.98. The quantitative estimate of drug-likeness (QED) is 0.890. The van der Waals surface area contributed by atoms with Crippen molar-refractivity contribution in [2.75, 3.05) is 6.61 Å². The van der Waals surface area contributed by atoms with Crippen molar-refractivity contribution in [2.45, 2.75) is 18.8 Å². The van der Waals surface area contributed by atoms with Gasteiger partial charge < -0.3 is 5.11 Å². The molecule has 0 fully saturated rings. The van der Waals surface area contributed by atoms with Gasteiger partial charge in [0.05, 0.1) is 6.61 Å². The van der Waals surface area contributed by atoms with Crippen LogP contribution in [-0.4, -0.2) is 11.7 Å². The van der Waals surface area contributed by atoms with E-state index in [-0.39, 0.29) is 12.0 Å². The van der Waals surface area contributed by atoms with E-state index < -0.39 is 0 Å².